The van der Waals surface area contributed by atoms with E-state index in [0.717, 1.165) is 12.4 Å². The van der Waals surface area contributed by atoms with Crippen LogP contribution in [-0.4, -0.2) is 35.5 Å². The van der Waals surface area contributed by atoms with Crippen LogP contribution in [0.1, 0.15) is 19.8 Å². The van der Waals surface area contributed by atoms with E-state index in [0.29, 0.717) is 12.1 Å². The molecule has 4 heteroatoms. The monoisotopic (exact) mass is 208 g/mol. The average molecular weight is 208 g/mol. The largest absolute Gasteiger partial charge is 0.352 e. The predicted octanol–water partition coefficient (Wildman–Crippen LogP) is 0.997. The van der Waals surface area contributed by atoms with E-state index in [2.05, 4.69) is 28.3 Å². The van der Waals surface area contributed by atoms with E-state index in [9.17, 15) is 0 Å². The van der Waals surface area contributed by atoms with Crippen molar-refractivity contribution in [3.05, 3.63) is 12.3 Å². The second kappa shape index (κ2) is 4.23. The lowest BCUT2D eigenvalue weighted by atomic mass is 9.98. The van der Waals surface area contributed by atoms with Gasteiger partial charge < -0.3 is 10.2 Å². The molecule has 0 bridgehead atoms. The summed E-state index contributed by atoms with van der Waals surface area (Å²) >= 11 is 0. The number of nitrogens with one attached hydrogen (secondary N) is 1. The quantitative estimate of drug-likeness (QED) is 0.787. The van der Waals surface area contributed by atoms with Crippen molar-refractivity contribution in [1.82, 2.24) is 15.1 Å². The molecule has 1 aliphatic rings. The van der Waals surface area contributed by atoms with Gasteiger partial charge in [0.1, 0.15) is 0 Å². The molecule has 0 aliphatic carbocycles. The highest BCUT2D eigenvalue weighted by molar-refractivity contribution is 5.39. The Labute approximate surface area is 91.3 Å². The molecule has 1 N–H and O–H groups in total. The van der Waals surface area contributed by atoms with Crippen LogP contribution in [0.5, 0.6) is 0 Å². The summed E-state index contributed by atoms with van der Waals surface area (Å²) in [6, 6.07) is 3.34. The molecular weight excluding hydrogens is 188 g/mol. The van der Waals surface area contributed by atoms with Gasteiger partial charge in [0.15, 0.2) is 5.82 Å². The van der Waals surface area contributed by atoms with Crippen LogP contribution in [0.2, 0.25) is 0 Å². The van der Waals surface area contributed by atoms with Crippen molar-refractivity contribution in [3.8, 4) is 0 Å². The summed E-state index contributed by atoms with van der Waals surface area (Å²) in [6.07, 6.45) is 4.41. The van der Waals surface area contributed by atoms with E-state index in [4.69, 9.17) is 0 Å². The molecule has 2 rings (SSSR count). The number of rotatable bonds is 2. The Kier molecular flexibility index (Phi) is 2.95. The predicted molar refractivity (Wildman–Crippen MR) is 62.1 cm³/mol. The van der Waals surface area contributed by atoms with Gasteiger partial charge in [0.05, 0.1) is 0 Å². The van der Waals surface area contributed by atoms with Gasteiger partial charge >= 0.3 is 0 Å². The smallest absolute Gasteiger partial charge is 0.150 e. The van der Waals surface area contributed by atoms with E-state index in [-0.39, 0.29) is 0 Å². The number of piperidine rings is 1. The first-order chi connectivity index (χ1) is 7.20. The van der Waals surface area contributed by atoms with Gasteiger partial charge in [0.2, 0.25) is 0 Å². The maximum atomic E-state index is 4.46. The van der Waals surface area contributed by atoms with E-state index in [1.165, 1.54) is 12.8 Å². The molecule has 0 spiro atoms. The first-order valence-electron chi connectivity index (χ1n) is 5.64. The van der Waals surface area contributed by atoms with Crippen LogP contribution in [0.4, 0.5) is 5.82 Å². The van der Waals surface area contributed by atoms with Gasteiger partial charge in [-0.1, -0.05) is 0 Å². The highest BCUT2D eigenvalue weighted by Gasteiger charge is 2.25. The molecule has 4 nitrogen and oxygen atoms in total. The summed E-state index contributed by atoms with van der Waals surface area (Å²) in [5.74, 6) is 1.11. The zero-order valence-electron chi connectivity index (χ0n) is 9.77. The molecule has 0 saturated carbocycles. The molecule has 1 fully saturated rings. The Balaban J connectivity index is 2.05. The highest BCUT2D eigenvalue weighted by Crippen LogP contribution is 2.22. The highest BCUT2D eigenvalue weighted by atomic mass is 15.3. The van der Waals surface area contributed by atoms with E-state index in [1.54, 1.807) is 0 Å². The van der Waals surface area contributed by atoms with Gasteiger partial charge in [-0.05, 0) is 26.8 Å². The number of hydrogen-bond donors (Lipinski definition) is 1. The first kappa shape index (κ1) is 10.5. The summed E-state index contributed by atoms with van der Waals surface area (Å²) in [5.41, 5.74) is 0. The molecule has 0 radical (unpaired) electrons. The zero-order valence-corrected chi connectivity index (χ0v) is 9.77. The van der Waals surface area contributed by atoms with Crippen molar-refractivity contribution in [2.45, 2.75) is 31.8 Å². The van der Waals surface area contributed by atoms with Gasteiger partial charge in [0.25, 0.3) is 0 Å². The second-order valence-electron chi connectivity index (χ2n) is 4.40. The van der Waals surface area contributed by atoms with Gasteiger partial charge in [-0.25, -0.2) is 0 Å². The Hall–Kier alpha value is -1.03. The zero-order chi connectivity index (χ0) is 10.8. The molecular formula is C11H20N4. The average Bonchev–Trinajstić information content (AvgIpc) is 2.64. The van der Waals surface area contributed by atoms with Gasteiger partial charge in [0, 0.05) is 37.9 Å². The molecule has 2 unspecified atom stereocenters. The number of aryl methyl sites for hydroxylation is 1. The Bertz CT molecular complexity index is 320. The molecule has 0 amide bonds. The summed E-state index contributed by atoms with van der Waals surface area (Å²) < 4.78 is 1.87. The topological polar surface area (TPSA) is 33.1 Å². The van der Waals surface area contributed by atoms with E-state index >= 15 is 0 Å². The van der Waals surface area contributed by atoms with Crippen LogP contribution >= 0.6 is 0 Å². The summed E-state index contributed by atoms with van der Waals surface area (Å²) in [5, 5.41) is 7.82. The van der Waals surface area contributed by atoms with Crippen molar-refractivity contribution in [3.63, 3.8) is 0 Å². The fraction of sp³-hybridized carbons (Fsp3) is 0.727. The SMILES string of the molecule is CNC1CCN(c2ccn(C)n2)C(C)C1. The van der Waals surface area contributed by atoms with E-state index < -0.39 is 0 Å². The van der Waals surface area contributed by atoms with Crippen LogP contribution in [-0.2, 0) is 7.05 Å². The molecule has 2 atom stereocenters. The maximum Gasteiger partial charge on any atom is 0.150 e. The molecule has 2 heterocycles. The standard InChI is InChI=1S/C11H20N4/c1-9-8-10(12-2)4-7-15(9)11-5-6-14(3)13-11/h5-6,9-10,12H,4,7-8H2,1-3H3. The summed E-state index contributed by atoms with van der Waals surface area (Å²) in [7, 11) is 4.02. The van der Waals surface area contributed by atoms with Gasteiger partial charge in [-0.15, -0.1) is 0 Å². The molecule has 1 aromatic rings. The van der Waals surface area contributed by atoms with Crippen molar-refractivity contribution < 1.29 is 0 Å². The van der Waals surface area contributed by atoms with E-state index in [1.807, 2.05) is 25.0 Å². The van der Waals surface area contributed by atoms with Gasteiger partial charge in [-0.3, -0.25) is 4.68 Å². The minimum Gasteiger partial charge on any atom is -0.352 e. The Morgan fingerprint density at radius 3 is 2.87 bits per heavy atom. The minimum atomic E-state index is 0.575. The van der Waals surface area contributed by atoms with Crippen LogP contribution < -0.4 is 10.2 Å². The van der Waals surface area contributed by atoms with Crippen LogP contribution in [0.15, 0.2) is 12.3 Å². The maximum absolute atomic E-state index is 4.46. The molecule has 0 aromatic carbocycles. The third-order valence-corrected chi connectivity index (χ3v) is 3.28. The lowest BCUT2D eigenvalue weighted by molar-refractivity contribution is 0.384. The summed E-state index contributed by atoms with van der Waals surface area (Å²) in [6.45, 7) is 3.38. The fourth-order valence-electron chi connectivity index (χ4n) is 2.33. The van der Waals surface area contributed by atoms with Crippen molar-refractivity contribution in [2.24, 2.45) is 7.05 Å². The van der Waals surface area contributed by atoms with Crippen molar-refractivity contribution in [1.29, 1.82) is 0 Å². The summed E-state index contributed by atoms with van der Waals surface area (Å²) in [4.78, 5) is 2.40. The molecule has 15 heavy (non-hydrogen) atoms. The Morgan fingerprint density at radius 1 is 1.53 bits per heavy atom. The fourth-order valence-corrected chi connectivity index (χ4v) is 2.33. The number of hydrogen-bond acceptors (Lipinski definition) is 3. The molecule has 1 saturated heterocycles. The molecule has 1 aliphatic heterocycles. The number of nitrogens with zero attached hydrogens (tertiary/aromatic N) is 3. The lowest BCUT2D eigenvalue weighted by Gasteiger charge is -2.37. The lowest BCUT2D eigenvalue weighted by Crippen LogP contribution is -2.46. The second-order valence-corrected chi connectivity index (χ2v) is 4.40. The van der Waals surface area contributed by atoms with Crippen molar-refractivity contribution >= 4 is 5.82 Å². The van der Waals surface area contributed by atoms with Gasteiger partial charge in [-0.2, -0.15) is 5.10 Å². The van der Waals surface area contributed by atoms with Crippen LogP contribution in [0.3, 0.4) is 0 Å². The number of anilines is 1. The van der Waals surface area contributed by atoms with Crippen LogP contribution in [0, 0.1) is 0 Å². The third-order valence-electron chi connectivity index (χ3n) is 3.28. The molecule has 84 valence electrons. The minimum absolute atomic E-state index is 0.575. The number of aromatic nitrogens is 2. The normalized spacial score (nSPS) is 27.0. The van der Waals surface area contributed by atoms with Crippen LogP contribution in [0.25, 0.3) is 0 Å². The Morgan fingerprint density at radius 2 is 2.33 bits per heavy atom. The first-order valence-corrected chi connectivity index (χ1v) is 5.64. The van der Waals surface area contributed by atoms with Crippen molar-refractivity contribution in [2.75, 3.05) is 18.5 Å². The molecule has 1 aromatic heterocycles. The third kappa shape index (κ3) is 2.15.